The molecule has 0 fully saturated rings. The minimum absolute atomic E-state index is 0.0783. The van der Waals surface area contributed by atoms with Crippen LogP contribution in [0.3, 0.4) is 0 Å². The molecule has 0 saturated carbocycles. The molecular formula is C29H58O2. The monoisotopic (exact) mass is 438 g/mol. The number of hydrogen-bond donors (Lipinski definition) is 1. The smallest absolute Gasteiger partial charge is 0.161 e. The van der Waals surface area contributed by atoms with Gasteiger partial charge >= 0.3 is 0 Å². The molecule has 0 aromatic rings. The summed E-state index contributed by atoms with van der Waals surface area (Å²) in [5, 5.41) is 10.1. The van der Waals surface area contributed by atoms with Gasteiger partial charge in [0, 0.05) is 6.42 Å². The third kappa shape index (κ3) is 24.1. The summed E-state index contributed by atoms with van der Waals surface area (Å²) in [5.74, 6) is 0.0783. The molecule has 0 saturated heterocycles. The summed E-state index contributed by atoms with van der Waals surface area (Å²) in [6, 6.07) is 0. The molecule has 31 heavy (non-hydrogen) atoms. The van der Waals surface area contributed by atoms with Gasteiger partial charge in [-0.3, -0.25) is 4.79 Å². The standard InChI is InChI=1S/C29H58O2/c1-3-5-7-9-11-12-13-14-15-16-17-18-19-21-23-25-27-29(31)28(30)26-24-22-20-10-8-6-4-2/h29,31H,3-27H2,1-2H3. The molecule has 1 N–H and O–H groups in total. The second kappa shape index (κ2) is 25.9. The first-order valence-corrected chi connectivity index (χ1v) is 14.4. The highest BCUT2D eigenvalue weighted by Gasteiger charge is 2.13. The van der Waals surface area contributed by atoms with Crippen LogP contribution in [0, 0.1) is 0 Å². The molecule has 0 bridgehead atoms. The van der Waals surface area contributed by atoms with Crippen LogP contribution in [0.25, 0.3) is 0 Å². The summed E-state index contributed by atoms with van der Waals surface area (Å²) in [4.78, 5) is 12.0. The largest absolute Gasteiger partial charge is 0.385 e. The topological polar surface area (TPSA) is 37.3 Å². The molecule has 0 aliphatic rings. The zero-order valence-corrected chi connectivity index (χ0v) is 21.6. The zero-order valence-electron chi connectivity index (χ0n) is 21.6. The number of aliphatic hydroxyl groups is 1. The van der Waals surface area contributed by atoms with Gasteiger partial charge in [-0.25, -0.2) is 0 Å². The van der Waals surface area contributed by atoms with Gasteiger partial charge in [-0.2, -0.15) is 0 Å². The lowest BCUT2D eigenvalue weighted by molar-refractivity contribution is -0.127. The van der Waals surface area contributed by atoms with Crippen molar-refractivity contribution in [2.45, 2.75) is 180 Å². The third-order valence-corrected chi connectivity index (χ3v) is 6.73. The van der Waals surface area contributed by atoms with Crippen molar-refractivity contribution in [3.8, 4) is 0 Å². The predicted octanol–water partition coefficient (Wildman–Crippen LogP) is 9.71. The van der Waals surface area contributed by atoms with Crippen LogP contribution in [0.5, 0.6) is 0 Å². The van der Waals surface area contributed by atoms with E-state index in [1.165, 1.54) is 128 Å². The zero-order chi connectivity index (χ0) is 22.8. The van der Waals surface area contributed by atoms with Gasteiger partial charge in [0.05, 0.1) is 0 Å². The molecule has 0 amide bonds. The average molecular weight is 439 g/mol. The summed E-state index contributed by atoms with van der Waals surface area (Å²) in [5.41, 5.74) is 0. The first kappa shape index (κ1) is 30.6. The molecule has 0 aromatic heterocycles. The summed E-state index contributed by atoms with van der Waals surface area (Å²) in [6.07, 6.45) is 30.8. The molecular weight excluding hydrogens is 380 g/mol. The summed E-state index contributed by atoms with van der Waals surface area (Å²) in [6.45, 7) is 4.52. The van der Waals surface area contributed by atoms with Gasteiger partial charge in [-0.1, -0.05) is 155 Å². The van der Waals surface area contributed by atoms with E-state index in [0.717, 1.165) is 19.3 Å². The van der Waals surface area contributed by atoms with E-state index in [2.05, 4.69) is 13.8 Å². The van der Waals surface area contributed by atoms with Crippen molar-refractivity contribution >= 4 is 5.78 Å². The second-order valence-electron chi connectivity index (χ2n) is 9.95. The third-order valence-electron chi connectivity index (χ3n) is 6.73. The number of ketones is 1. The van der Waals surface area contributed by atoms with Crippen LogP contribution in [0.1, 0.15) is 174 Å². The van der Waals surface area contributed by atoms with Gasteiger partial charge in [-0.15, -0.1) is 0 Å². The highest BCUT2D eigenvalue weighted by Crippen LogP contribution is 2.15. The maximum atomic E-state index is 12.0. The number of carbonyl (C=O) groups excluding carboxylic acids is 1. The Balaban J connectivity index is 3.25. The van der Waals surface area contributed by atoms with Crippen LogP contribution in [-0.4, -0.2) is 17.0 Å². The van der Waals surface area contributed by atoms with Gasteiger partial charge < -0.3 is 5.11 Å². The van der Waals surface area contributed by atoms with Crippen molar-refractivity contribution in [2.75, 3.05) is 0 Å². The molecule has 2 heteroatoms. The van der Waals surface area contributed by atoms with Gasteiger partial charge in [0.2, 0.25) is 0 Å². The van der Waals surface area contributed by atoms with Gasteiger partial charge in [0.25, 0.3) is 0 Å². The molecule has 0 aliphatic heterocycles. The first-order chi connectivity index (χ1) is 15.2. The van der Waals surface area contributed by atoms with E-state index < -0.39 is 6.10 Å². The quantitative estimate of drug-likeness (QED) is 0.136. The average Bonchev–Trinajstić information content (AvgIpc) is 2.77. The minimum Gasteiger partial charge on any atom is -0.385 e. The van der Waals surface area contributed by atoms with E-state index in [0.29, 0.717) is 12.8 Å². The number of unbranched alkanes of at least 4 members (excludes halogenated alkanes) is 21. The Hall–Kier alpha value is -0.370. The molecule has 2 nitrogen and oxygen atoms in total. The Morgan fingerprint density at radius 2 is 0.774 bits per heavy atom. The fourth-order valence-electron chi connectivity index (χ4n) is 4.47. The van der Waals surface area contributed by atoms with Crippen molar-refractivity contribution < 1.29 is 9.90 Å². The second-order valence-corrected chi connectivity index (χ2v) is 9.95. The van der Waals surface area contributed by atoms with Gasteiger partial charge in [0.15, 0.2) is 5.78 Å². The summed E-state index contributed by atoms with van der Waals surface area (Å²) >= 11 is 0. The highest BCUT2D eigenvalue weighted by molar-refractivity contribution is 5.82. The molecule has 0 aliphatic carbocycles. The van der Waals surface area contributed by atoms with Crippen LogP contribution in [0.4, 0.5) is 0 Å². The van der Waals surface area contributed by atoms with E-state index in [1.807, 2.05) is 0 Å². The van der Waals surface area contributed by atoms with Gasteiger partial charge in [0.1, 0.15) is 6.10 Å². The molecule has 0 heterocycles. The molecule has 1 unspecified atom stereocenters. The SMILES string of the molecule is CCCCCCCCCCCCCCCCCCC(O)C(=O)CCCCCCCCC. The molecule has 0 rings (SSSR count). The van der Waals surface area contributed by atoms with Crippen LogP contribution in [0.2, 0.25) is 0 Å². The Bertz CT molecular complexity index is 353. The Morgan fingerprint density at radius 1 is 0.484 bits per heavy atom. The molecule has 0 aromatic carbocycles. The maximum Gasteiger partial charge on any atom is 0.161 e. The summed E-state index contributed by atoms with van der Waals surface area (Å²) in [7, 11) is 0. The van der Waals surface area contributed by atoms with Crippen LogP contribution in [0.15, 0.2) is 0 Å². The van der Waals surface area contributed by atoms with Crippen molar-refractivity contribution in [3.05, 3.63) is 0 Å². The van der Waals surface area contributed by atoms with Crippen molar-refractivity contribution in [2.24, 2.45) is 0 Å². The van der Waals surface area contributed by atoms with E-state index in [9.17, 15) is 9.90 Å². The molecule has 186 valence electrons. The van der Waals surface area contributed by atoms with Crippen LogP contribution < -0.4 is 0 Å². The summed E-state index contributed by atoms with van der Waals surface area (Å²) < 4.78 is 0. The number of rotatable bonds is 26. The Labute approximate surface area is 196 Å². The lowest BCUT2D eigenvalue weighted by atomic mass is 10.0. The van der Waals surface area contributed by atoms with E-state index in [-0.39, 0.29) is 5.78 Å². The van der Waals surface area contributed by atoms with E-state index in [1.54, 1.807) is 0 Å². The van der Waals surface area contributed by atoms with Crippen LogP contribution in [-0.2, 0) is 4.79 Å². The highest BCUT2D eigenvalue weighted by atomic mass is 16.3. The fraction of sp³-hybridized carbons (Fsp3) is 0.966. The normalized spacial score (nSPS) is 12.4. The van der Waals surface area contributed by atoms with E-state index in [4.69, 9.17) is 0 Å². The maximum absolute atomic E-state index is 12.0. The Kier molecular flexibility index (Phi) is 25.6. The van der Waals surface area contributed by atoms with Crippen molar-refractivity contribution in [3.63, 3.8) is 0 Å². The van der Waals surface area contributed by atoms with Gasteiger partial charge in [-0.05, 0) is 12.8 Å². The Morgan fingerprint density at radius 3 is 1.13 bits per heavy atom. The number of carbonyl (C=O) groups is 1. The van der Waals surface area contributed by atoms with Crippen LogP contribution >= 0.6 is 0 Å². The van der Waals surface area contributed by atoms with E-state index >= 15 is 0 Å². The fourth-order valence-corrected chi connectivity index (χ4v) is 4.47. The molecule has 1 atom stereocenters. The predicted molar refractivity (Wildman–Crippen MR) is 138 cm³/mol. The van der Waals surface area contributed by atoms with Crippen molar-refractivity contribution in [1.82, 2.24) is 0 Å². The minimum atomic E-state index is -0.702. The molecule has 0 spiro atoms. The number of hydrogen-bond acceptors (Lipinski definition) is 2. The lowest BCUT2D eigenvalue weighted by Gasteiger charge is -2.09. The lowest BCUT2D eigenvalue weighted by Crippen LogP contribution is -2.19. The number of aliphatic hydroxyl groups excluding tert-OH is 1. The first-order valence-electron chi connectivity index (χ1n) is 14.4. The number of Topliss-reactive ketones (excluding diaryl/α,β-unsaturated/α-hetero) is 1. The molecule has 0 radical (unpaired) electrons. The van der Waals surface area contributed by atoms with Crippen molar-refractivity contribution in [1.29, 1.82) is 0 Å².